The van der Waals surface area contributed by atoms with E-state index < -0.39 is 0 Å². The first kappa shape index (κ1) is 18.4. The summed E-state index contributed by atoms with van der Waals surface area (Å²) in [5, 5.41) is 13.0. The van der Waals surface area contributed by atoms with Crippen molar-refractivity contribution >= 4 is 0 Å². The third kappa shape index (κ3) is 5.94. The Labute approximate surface area is 130 Å². The molecule has 0 amide bonds. The molecule has 1 rings (SSSR count). The SMILES string of the molecule is CCC(C#N)(CCCN1CC(C)OC(C)(C)C1)NC(C)C. The molecule has 2 unspecified atom stereocenters. The van der Waals surface area contributed by atoms with Gasteiger partial charge < -0.3 is 4.74 Å². The first-order valence-corrected chi connectivity index (χ1v) is 8.31. The molecule has 0 bridgehead atoms. The Balaban J connectivity index is 2.49. The Hall–Kier alpha value is -0.630. The van der Waals surface area contributed by atoms with E-state index in [-0.39, 0.29) is 17.2 Å². The summed E-state index contributed by atoms with van der Waals surface area (Å²) in [7, 11) is 0. The number of nitriles is 1. The Morgan fingerprint density at radius 2 is 2.14 bits per heavy atom. The molecular formula is C17H33N3O. The molecule has 1 N–H and O–H groups in total. The third-order valence-electron chi connectivity index (χ3n) is 4.10. The molecule has 0 spiro atoms. The second kappa shape index (κ2) is 7.58. The summed E-state index contributed by atoms with van der Waals surface area (Å²) >= 11 is 0. The van der Waals surface area contributed by atoms with Crippen molar-refractivity contribution in [3.05, 3.63) is 0 Å². The molecule has 1 fully saturated rings. The highest BCUT2D eigenvalue weighted by Crippen LogP contribution is 2.23. The van der Waals surface area contributed by atoms with Crippen molar-refractivity contribution in [2.75, 3.05) is 19.6 Å². The zero-order valence-corrected chi connectivity index (χ0v) is 14.7. The zero-order chi connectivity index (χ0) is 16.1. The van der Waals surface area contributed by atoms with Crippen LogP contribution in [0.4, 0.5) is 0 Å². The third-order valence-corrected chi connectivity index (χ3v) is 4.10. The van der Waals surface area contributed by atoms with Gasteiger partial charge in [-0.1, -0.05) is 6.92 Å². The minimum absolute atomic E-state index is 0.0646. The largest absolute Gasteiger partial charge is 0.370 e. The van der Waals surface area contributed by atoms with Crippen LogP contribution in [-0.4, -0.2) is 47.8 Å². The van der Waals surface area contributed by atoms with Gasteiger partial charge in [0.15, 0.2) is 0 Å². The van der Waals surface area contributed by atoms with Crippen molar-refractivity contribution < 1.29 is 4.74 Å². The molecule has 1 aliphatic rings. The molecule has 21 heavy (non-hydrogen) atoms. The van der Waals surface area contributed by atoms with Gasteiger partial charge in [-0.25, -0.2) is 0 Å². The first-order valence-electron chi connectivity index (χ1n) is 8.31. The maximum Gasteiger partial charge on any atom is 0.106 e. The number of rotatable bonds is 7. The molecule has 122 valence electrons. The molecule has 0 aromatic rings. The number of nitrogens with zero attached hydrogens (tertiary/aromatic N) is 2. The average molecular weight is 295 g/mol. The monoisotopic (exact) mass is 295 g/mol. The maximum atomic E-state index is 9.54. The highest BCUT2D eigenvalue weighted by Gasteiger charge is 2.32. The van der Waals surface area contributed by atoms with E-state index in [2.05, 4.69) is 57.8 Å². The Bertz CT molecular complexity index is 362. The lowest BCUT2D eigenvalue weighted by Crippen LogP contribution is -2.52. The van der Waals surface area contributed by atoms with Gasteiger partial charge >= 0.3 is 0 Å². The van der Waals surface area contributed by atoms with Crippen LogP contribution in [0.5, 0.6) is 0 Å². The lowest BCUT2D eigenvalue weighted by molar-refractivity contribution is -0.128. The highest BCUT2D eigenvalue weighted by molar-refractivity contribution is 5.07. The molecule has 1 aliphatic heterocycles. The van der Waals surface area contributed by atoms with Gasteiger partial charge in [0.25, 0.3) is 0 Å². The molecule has 0 saturated carbocycles. The summed E-state index contributed by atoms with van der Waals surface area (Å²) in [5.74, 6) is 0. The normalized spacial score (nSPS) is 25.5. The Kier molecular flexibility index (Phi) is 6.65. The zero-order valence-electron chi connectivity index (χ0n) is 14.7. The van der Waals surface area contributed by atoms with Gasteiger partial charge in [0.05, 0.1) is 17.8 Å². The highest BCUT2D eigenvalue weighted by atomic mass is 16.5. The summed E-state index contributed by atoms with van der Waals surface area (Å²) in [6, 6.07) is 2.84. The molecule has 1 heterocycles. The fourth-order valence-corrected chi connectivity index (χ4v) is 3.43. The van der Waals surface area contributed by atoms with Crippen LogP contribution in [0.2, 0.25) is 0 Å². The second-order valence-electron chi connectivity index (χ2n) is 7.37. The van der Waals surface area contributed by atoms with Crippen molar-refractivity contribution in [2.45, 2.75) is 84.1 Å². The minimum Gasteiger partial charge on any atom is -0.370 e. The van der Waals surface area contributed by atoms with Crippen LogP contribution in [-0.2, 0) is 4.74 Å². The molecule has 4 heteroatoms. The van der Waals surface area contributed by atoms with Crippen molar-refractivity contribution in [3.63, 3.8) is 0 Å². The van der Waals surface area contributed by atoms with Crippen LogP contribution in [0.15, 0.2) is 0 Å². The predicted molar refractivity (Wildman–Crippen MR) is 87.2 cm³/mol. The van der Waals surface area contributed by atoms with E-state index in [1.807, 2.05) is 0 Å². The summed E-state index contributed by atoms with van der Waals surface area (Å²) in [5.41, 5.74) is -0.438. The van der Waals surface area contributed by atoms with E-state index in [1.54, 1.807) is 0 Å². The predicted octanol–water partition coefficient (Wildman–Crippen LogP) is 2.94. The Morgan fingerprint density at radius 1 is 1.48 bits per heavy atom. The van der Waals surface area contributed by atoms with E-state index in [0.29, 0.717) is 6.04 Å². The topological polar surface area (TPSA) is 48.3 Å². The Morgan fingerprint density at radius 3 is 2.62 bits per heavy atom. The fraction of sp³-hybridized carbons (Fsp3) is 0.941. The number of ether oxygens (including phenoxy) is 1. The van der Waals surface area contributed by atoms with Crippen molar-refractivity contribution in [2.24, 2.45) is 0 Å². The van der Waals surface area contributed by atoms with Crippen LogP contribution >= 0.6 is 0 Å². The summed E-state index contributed by atoms with van der Waals surface area (Å²) in [6.07, 6.45) is 3.09. The van der Waals surface area contributed by atoms with Gasteiger partial charge in [0, 0.05) is 19.1 Å². The quantitative estimate of drug-likeness (QED) is 0.784. The molecule has 2 atom stereocenters. The minimum atomic E-state index is -0.373. The average Bonchev–Trinajstić information content (AvgIpc) is 2.34. The van der Waals surface area contributed by atoms with Gasteiger partial charge in [-0.3, -0.25) is 10.2 Å². The fourth-order valence-electron chi connectivity index (χ4n) is 3.43. The van der Waals surface area contributed by atoms with Crippen LogP contribution in [0.3, 0.4) is 0 Å². The van der Waals surface area contributed by atoms with Crippen LogP contribution in [0.25, 0.3) is 0 Å². The van der Waals surface area contributed by atoms with Crippen molar-refractivity contribution in [1.29, 1.82) is 5.26 Å². The van der Waals surface area contributed by atoms with E-state index in [1.165, 1.54) is 0 Å². The van der Waals surface area contributed by atoms with E-state index in [0.717, 1.165) is 38.9 Å². The van der Waals surface area contributed by atoms with Gasteiger partial charge in [-0.05, 0) is 60.4 Å². The number of morpholine rings is 1. The van der Waals surface area contributed by atoms with Crippen molar-refractivity contribution in [3.8, 4) is 6.07 Å². The molecule has 1 saturated heterocycles. The number of nitrogens with one attached hydrogen (secondary N) is 1. The van der Waals surface area contributed by atoms with E-state index in [9.17, 15) is 5.26 Å². The molecular weight excluding hydrogens is 262 g/mol. The lowest BCUT2D eigenvalue weighted by atomic mass is 9.91. The standard InChI is InChI=1S/C17H33N3O/c1-7-17(12-18,19-14(2)3)9-8-10-20-11-15(4)21-16(5,6)13-20/h14-15,19H,7-11,13H2,1-6H3. The summed E-state index contributed by atoms with van der Waals surface area (Å²) < 4.78 is 5.94. The van der Waals surface area contributed by atoms with Crippen molar-refractivity contribution in [1.82, 2.24) is 10.2 Å². The van der Waals surface area contributed by atoms with E-state index in [4.69, 9.17) is 4.74 Å². The molecule has 4 nitrogen and oxygen atoms in total. The van der Waals surface area contributed by atoms with Gasteiger partial charge in [0.2, 0.25) is 0 Å². The first-order chi connectivity index (χ1) is 9.72. The van der Waals surface area contributed by atoms with Crippen LogP contribution in [0.1, 0.15) is 60.8 Å². The maximum absolute atomic E-state index is 9.54. The van der Waals surface area contributed by atoms with Crippen LogP contribution in [0, 0.1) is 11.3 Å². The van der Waals surface area contributed by atoms with Gasteiger partial charge in [-0.15, -0.1) is 0 Å². The number of hydrogen-bond donors (Lipinski definition) is 1. The summed E-state index contributed by atoms with van der Waals surface area (Å²) in [6.45, 7) is 15.8. The molecule has 0 aliphatic carbocycles. The molecule has 0 aromatic heterocycles. The summed E-state index contributed by atoms with van der Waals surface area (Å²) in [4.78, 5) is 2.47. The van der Waals surface area contributed by atoms with Gasteiger partial charge in [0.1, 0.15) is 5.54 Å². The van der Waals surface area contributed by atoms with Gasteiger partial charge in [-0.2, -0.15) is 5.26 Å². The van der Waals surface area contributed by atoms with E-state index >= 15 is 0 Å². The molecule has 0 aromatic carbocycles. The number of hydrogen-bond acceptors (Lipinski definition) is 4. The molecule has 0 radical (unpaired) electrons. The second-order valence-corrected chi connectivity index (χ2v) is 7.37. The smallest absolute Gasteiger partial charge is 0.106 e. The lowest BCUT2D eigenvalue weighted by Gasteiger charge is -2.42. The van der Waals surface area contributed by atoms with Crippen LogP contribution < -0.4 is 5.32 Å².